The standard InChI is InChI=1S/C22H27NO5S/c1-17-9-11-19(12-10-17)29(26,27)23-20(8-5-15-24)21(13-14-22(23)25)28-16-18-6-3-2-4-7-18/h2-12,20-22,24-25H,13-16H2,1H3/b8-5-/t20-,21+,22-/m0/s1. The van der Waals surface area contributed by atoms with E-state index in [1.165, 1.54) is 6.08 Å². The topological polar surface area (TPSA) is 87.1 Å². The third-order valence-corrected chi connectivity index (χ3v) is 6.93. The molecular weight excluding hydrogens is 390 g/mol. The van der Waals surface area contributed by atoms with Crippen molar-refractivity contribution in [2.24, 2.45) is 0 Å². The van der Waals surface area contributed by atoms with Crippen LogP contribution in [0.25, 0.3) is 0 Å². The zero-order valence-corrected chi connectivity index (χ0v) is 17.2. The van der Waals surface area contributed by atoms with Crippen molar-refractivity contribution in [3.8, 4) is 0 Å². The second-order valence-corrected chi connectivity index (χ2v) is 8.99. The summed E-state index contributed by atoms with van der Waals surface area (Å²) in [7, 11) is -3.95. The van der Waals surface area contributed by atoms with Gasteiger partial charge >= 0.3 is 0 Å². The van der Waals surface area contributed by atoms with E-state index in [0.29, 0.717) is 13.0 Å². The number of benzene rings is 2. The summed E-state index contributed by atoms with van der Waals surface area (Å²) in [5.41, 5.74) is 1.93. The van der Waals surface area contributed by atoms with Crippen LogP contribution < -0.4 is 0 Å². The summed E-state index contributed by atoms with van der Waals surface area (Å²) in [6.45, 7) is 1.99. The fourth-order valence-electron chi connectivity index (χ4n) is 3.49. The first-order chi connectivity index (χ1) is 13.9. The number of nitrogens with zero attached hydrogens (tertiary/aromatic N) is 1. The maximum atomic E-state index is 13.3. The minimum absolute atomic E-state index is 0.119. The van der Waals surface area contributed by atoms with Crippen molar-refractivity contribution in [3.63, 3.8) is 0 Å². The van der Waals surface area contributed by atoms with Gasteiger partial charge in [-0.2, -0.15) is 4.31 Å². The minimum Gasteiger partial charge on any atom is -0.392 e. The third kappa shape index (κ3) is 5.12. The monoisotopic (exact) mass is 417 g/mol. The molecule has 1 saturated heterocycles. The third-order valence-electron chi connectivity index (χ3n) is 5.02. The number of piperidine rings is 1. The zero-order valence-electron chi connectivity index (χ0n) is 16.4. The molecule has 0 radical (unpaired) electrons. The average Bonchev–Trinajstić information content (AvgIpc) is 2.72. The summed E-state index contributed by atoms with van der Waals surface area (Å²) in [4.78, 5) is 0.119. The number of rotatable bonds is 7. The number of aliphatic hydroxyl groups excluding tert-OH is 2. The molecule has 3 atom stereocenters. The van der Waals surface area contributed by atoms with Gasteiger partial charge in [-0.05, 0) is 37.5 Å². The van der Waals surface area contributed by atoms with E-state index in [0.717, 1.165) is 15.4 Å². The fraction of sp³-hybridized carbons (Fsp3) is 0.364. The van der Waals surface area contributed by atoms with Crippen LogP contribution in [0.5, 0.6) is 0 Å². The van der Waals surface area contributed by atoms with Crippen molar-refractivity contribution >= 4 is 10.0 Å². The van der Waals surface area contributed by atoms with Crippen LogP contribution in [-0.4, -0.2) is 47.9 Å². The van der Waals surface area contributed by atoms with E-state index in [1.807, 2.05) is 37.3 Å². The predicted octanol–water partition coefficient (Wildman–Crippen LogP) is 2.60. The maximum Gasteiger partial charge on any atom is 0.245 e. The number of hydrogen-bond acceptors (Lipinski definition) is 5. The van der Waals surface area contributed by atoms with Gasteiger partial charge in [-0.3, -0.25) is 0 Å². The predicted molar refractivity (Wildman–Crippen MR) is 110 cm³/mol. The van der Waals surface area contributed by atoms with E-state index in [4.69, 9.17) is 4.74 Å². The van der Waals surface area contributed by atoms with E-state index in [9.17, 15) is 18.6 Å². The van der Waals surface area contributed by atoms with Gasteiger partial charge in [0.05, 0.1) is 30.3 Å². The molecule has 1 heterocycles. The van der Waals surface area contributed by atoms with Crippen molar-refractivity contribution in [2.45, 2.75) is 49.6 Å². The molecule has 1 aliphatic heterocycles. The molecule has 0 amide bonds. The highest BCUT2D eigenvalue weighted by Gasteiger charge is 2.43. The van der Waals surface area contributed by atoms with Gasteiger partial charge in [-0.1, -0.05) is 60.2 Å². The lowest BCUT2D eigenvalue weighted by Gasteiger charge is -2.41. The number of sulfonamides is 1. The van der Waals surface area contributed by atoms with Crippen molar-refractivity contribution in [1.82, 2.24) is 4.31 Å². The number of aliphatic hydroxyl groups is 2. The lowest BCUT2D eigenvalue weighted by atomic mass is 9.99. The summed E-state index contributed by atoms with van der Waals surface area (Å²) >= 11 is 0. The Morgan fingerprint density at radius 2 is 1.79 bits per heavy atom. The minimum atomic E-state index is -3.95. The Hall–Kier alpha value is -2.03. The molecule has 0 saturated carbocycles. The average molecular weight is 418 g/mol. The molecule has 0 bridgehead atoms. The SMILES string of the molecule is Cc1ccc(S(=O)(=O)N2[C@@H](O)CC[C@@H](OCc3ccccc3)[C@@H]2/C=C\CO)cc1. The van der Waals surface area contributed by atoms with Crippen LogP contribution >= 0.6 is 0 Å². The molecule has 2 aromatic carbocycles. The summed E-state index contributed by atoms with van der Waals surface area (Å²) in [5, 5.41) is 19.8. The Bertz CT molecular complexity index is 912. The van der Waals surface area contributed by atoms with Gasteiger partial charge in [-0.15, -0.1) is 0 Å². The van der Waals surface area contributed by atoms with E-state index < -0.39 is 28.4 Å². The Morgan fingerprint density at radius 1 is 1.10 bits per heavy atom. The Morgan fingerprint density at radius 3 is 2.45 bits per heavy atom. The summed E-state index contributed by atoms with van der Waals surface area (Å²) in [6.07, 6.45) is 2.26. The Balaban J connectivity index is 1.90. The van der Waals surface area contributed by atoms with Crippen molar-refractivity contribution < 1.29 is 23.4 Å². The highest BCUT2D eigenvalue weighted by atomic mass is 32.2. The summed E-state index contributed by atoms with van der Waals surface area (Å²) < 4.78 is 33.8. The lowest BCUT2D eigenvalue weighted by Crippen LogP contribution is -2.55. The maximum absolute atomic E-state index is 13.3. The Kier molecular flexibility index (Phi) is 7.21. The number of hydrogen-bond donors (Lipinski definition) is 2. The quantitative estimate of drug-likeness (QED) is 0.676. The van der Waals surface area contributed by atoms with E-state index in [2.05, 4.69) is 0 Å². The van der Waals surface area contributed by atoms with Crippen molar-refractivity contribution in [2.75, 3.05) is 6.61 Å². The van der Waals surface area contributed by atoms with Gasteiger partial charge in [0.25, 0.3) is 0 Å². The van der Waals surface area contributed by atoms with Gasteiger partial charge < -0.3 is 14.9 Å². The summed E-state index contributed by atoms with van der Waals surface area (Å²) in [6, 6.07) is 15.5. The second-order valence-electron chi connectivity index (χ2n) is 7.14. The van der Waals surface area contributed by atoms with Crippen LogP contribution in [0.4, 0.5) is 0 Å². The molecule has 0 spiro atoms. The van der Waals surface area contributed by atoms with Gasteiger partial charge in [0.15, 0.2) is 0 Å². The van der Waals surface area contributed by atoms with Crippen LogP contribution in [0.15, 0.2) is 71.6 Å². The van der Waals surface area contributed by atoms with E-state index >= 15 is 0 Å². The van der Waals surface area contributed by atoms with Crippen LogP contribution in [0.2, 0.25) is 0 Å². The van der Waals surface area contributed by atoms with E-state index in [1.54, 1.807) is 30.3 Å². The highest BCUT2D eigenvalue weighted by molar-refractivity contribution is 7.89. The van der Waals surface area contributed by atoms with Crippen molar-refractivity contribution in [1.29, 1.82) is 0 Å². The smallest absolute Gasteiger partial charge is 0.245 e. The molecule has 3 rings (SSSR count). The first-order valence-electron chi connectivity index (χ1n) is 9.65. The van der Waals surface area contributed by atoms with Gasteiger partial charge in [0.1, 0.15) is 6.23 Å². The van der Waals surface area contributed by atoms with Crippen LogP contribution in [0.3, 0.4) is 0 Å². The van der Waals surface area contributed by atoms with Crippen LogP contribution in [-0.2, 0) is 21.4 Å². The van der Waals surface area contributed by atoms with Gasteiger partial charge in [0, 0.05) is 0 Å². The molecule has 1 aliphatic rings. The normalized spacial score (nSPS) is 23.5. The van der Waals surface area contributed by atoms with Gasteiger partial charge in [0.2, 0.25) is 10.0 Å². The number of aryl methyl sites for hydroxylation is 1. The van der Waals surface area contributed by atoms with Crippen molar-refractivity contribution in [3.05, 3.63) is 77.9 Å². The van der Waals surface area contributed by atoms with Gasteiger partial charge in [-0.25, -0.2) is 8.42 Å². The van der Waals surface area contributed by atoms with Crippen LogP contribution in [0, 0.1) is 6.92 Å². The molecule has 2 aromatic rings. The number of ether oxygens (including phenoxy) is 1. The first-order valence-corrected chi connectivity index (χ1v) is 11.1. The zero-order chi connectivity index (χ0) is 20.9. The molecule has 156 valence electrons. The molecule has 0 unspecified atom stereocenters. The highest BCUT2D eigenvalue weighted by Crippen LogP contribution is 2.32. The molecular formula is C22H27NO5S. The fourth-order valence-corrected chi connectivity index (χ4v) is 5.17. The first kappa shape index (κ1) is 21.7. The lowest BCUT2D eigenvalue weighted by molar-refractivity contribution is -0.0762. The molecule has 0 aliphatic carbocycles. The molecule has 29 heavy (non-hydrogen) atoms. The second kappa shape index (κ2) is 9.65. The Labute approximate surface area is 172 Å². The molecule has 2 N–H and O–H groups in total. The molecule has 7 heteroatoms. The molecule has 0 aromatic heterocycles. The molecule has 1 fully saturated rings. The largest absolute Gasteiger partial charge is 0.392 e. The van der Waals surface area contributed by atoms with E-state index in [-0.39, 0.29) is 17.9 Å². The summed E-state index contributed by atoms with van der Waals surface area (Å²) in [5.74, 6) is 0. The molecule has 6 nitrogen and oxygen atoms in total. The van der Waals surface area contributed by atoms with Crippen LogP contribution in [0.1, 0.15) is 24.0 Å².